The Morgan fingerprint density at radius 1 is 1.21 bits per heavy atom. The number of hydrogen-bond acceptors (Lipinski definition) is 5. The van der Waals surface area contributed by atoms with E-state index in [1.807, 2.05) is 0 Å². The zero-order valence-electron chi connectivity index (χ0n) is 12.6. The molecule has 0 N–H and O–H groups in total. The molecule has 1 aliphatic rings. The van der Waals surface area contributed by atoms with Crippen molar-refractivity contribution in [1.82, 2.24) is 0 Å². The quantitative estimate of drug-likeness (QED) is 0.313. The highest BCUT2D eigenvalue weighted by Crippen LogP contribution is 2.22. The lowest BCUT2D eigenvalue weighted by Crippen LogP contribution is -2.42. The van der Waals surface area contributed by atoms with Crippen molar-refractivity contribution < 1.29 is 22.8 Å². The van der Waals surface area contributed by atoms with Crippen molar-refractivity contribution in [1.29, 1.82) is 0 Å². The standard InChI is InChI=1S/C13H28O5Si/c1-5-12(9-13-11-18-13)10-17-7-6-8-19(14-2,15-3)16-4/h12-13H,5-11H2,1-4H3. The molecule has 6 heteroatoms. The average Bonchev–Trinajstić information content (AvgIpc) is 3.26. The monoisotopic (exact) mass is 292 g/mol. The van der Waals surface area contributed by atoms with E-state index in [1.54, 1.807) is 21.3 Å². The SMILES string of the molecule is CCC(COCCC[Si](OC)(OC)OC)CC1CO1. The molecule has 0 aliphatic carbocycles. The number of hydrogen-bond donors (Lipinski definition) is 0. The lowest BCUT2D eigenvalue weighted by molar-refractivity contribution is 0.0834. The van der Waals surface area contributed by atoms with Crippen LogP contribution < -0.4 is 0 Å². The summed E-state index contributed by atoms with van der Waals surface area (Å²) in [7, 11) is 2.51. The maximum atomic E-state index is 5.74. The second-order valence-electron chi connectivity index (χ2n) is 4.94. The Balaban J connectivity index is 2.08. The van der Waals surface area contributed by atoms with E-state index in [2.05, 4.69) is 6.92 Å². The van der Waals surface area contributed by atoms with Gasteiger partial charge in [-0.2, -0.15) is 0 Å². The normalized spacial score (nSPS) is 20.5. The molecule has 0 aromatic heterocycles. The molecular formula is C13H28O5Si. The molecule has 0 amide bonds. The molecular weight excluding hydrogens is 264 g/mol. The predicted octanol–water partition coefficient (Wildman–Crippen LogP) is 2.09. The number of rotatable bonds is 12. The van der Waals surface area contributed by atoms with Gasteiger partial charge in [-0.1, -0.05) is 13.3 Å². The van der Waals surface area contributed by atoms with Crippen molar-refractivity contribution in [2.75, 3.05) is 41.2 Å². The summed E-state index contributed by atoms with van der Waals surface area (Å²) >= 11 is 0. The van der Waals surface area contributed by atoms with Gasteiger partial charge in [-0.15, -0.1) is 0 Å². The lowest BCUT2D eigenvalue weighted by Gasteiger charge is -2.24. The highest BCUT2D eigenvalue weighted by molar-refractivity contribution is 6.60. The fourth-order valence-electron chi connectivity index (χ4n) is 2.13. The van der Waals surface area contributed by atoms with E-state index < -0.39 is 8.80 Å². The van der Waals surface area contributed by atoms with Gasteiger partial charge in [0.05, 0.1) is 12.7 Å². The fraction of sp³-hybridized carbons (Fsp3) is 1.00. The van der Waals surface area contributed by atoms with Crippen molar-refractivity contribution >= 4 is 8.80 Å². The van der Waals surface area contributed by atoms with Gasteiger partial charge in [-0.3, -0.25) is 0 Å². The minimum atomic E-state index is -2.42. The summed E-state index contributed by atoms with van der Waals surface area (Å²) in [5.41, 5.74) is 0. The first kappa shape index (κ1) is 17.1. The predicted molar refractivity (Wildman–Crippen MR) is 75.2 cm³/mol. The summed E-state index contributed by atoms with van der Waals surface area (Å²) in [6.45, 7) is 4.68. The molecule has 0 aromatic rings. The minimum Gasteiger partial charge on any atom is -0.381 e. The third kappa shape index (κ3) is 6.33. The van der Waals surface area contributed by atoms with Crippen LogP contribution in [0.5, 0.6) is 0 Å². The summed E-state index contributed by atoms with van der Waals surface area (Å²) in [4.78, 5) is 0. The third-order valence-corrected chi connectivity index (χ3v) is 6.47. The van der Waals surface area contributed by atoms with E-state index in [4.69, 9.17) is 22.8 Å². The second kappa shape index (κ2) is 9.04. The van der Waals surface area contributed by atoms with E-state index in [0.29, 0.717) is 12.0 Å². The Labute approximate surface area is 117 Å². The molecule has 0 aromatic carbocycles. The van der Waals surface area contributed by atoms with Crippen LogP contribution in [0.15, 0.2) is 0 Å². The molecule has 0 saturated carbocycles. The summed E-state index contributed by atoms with van der Waals surface area (Å²) in [5.74, 6) is 0.613. The molecule has 1 aliphatic heterocycles. The molecule has 1 rings (SSSR count). The Morgan fingerprint density at radius 2 is 1.84 bits per heavy atom. The summed E-state index contributed by atoms with van der Waals surface area (Å²) in [6, 6.07) is 0.791. The van der Waals surface area contributed by atoms with Crippen LogP contribution in [-0.2, 0) is 22.8 Å². The Hall–Kier alpha value is 0.0169. The summed E-state index contributed by atoms with van der Waals surface area (Å²) in [6.07, 6.45) is 3.66. The van der Waals surface area contributed by atoms with Crippen LogP contribution in [0.3, 0.4) is 0 Å². The van der Waals surface area contributed by atoms with Crippen molar-refractivity contribution in [3.05, 3.63) is 0 Å². The van der Waals surface area contributed by atoms with Gasteiger partial charge in [-0.25, -0.2) is 0 Å². The lowest BCUT2D eigenvalue weighted by atomic mass is 10.0. The molecule has 0 radical (unpaired) electrons. The highest BCUT2D eigenvalue weighted by atomic mass is 28.4. The molecule has 2 atom stereocenters. The zero-order valence-corrected chi connectivity index (χ0v) is 13.6. The van der Waals surface area contributed by atoms with Crippen LogP contribution >= 0.6 is 0 Å². The minimum absolute atomic E-state index is 0.490. The van der Waals surface area contributed by atoms with Crippen molar-refractivity contribution in [3.8, 4) is 0 Å². The van der Waals surface area contributed by atoms with Gasteiger partial charge in [-0.05, 0) is 18.8 Å². The van der Waals surface area contributed by atoms with Crippen molar-refractivity contribution in [2.45, 2.75) is 38.3 Å². The largest absolute Gasteiger partial charge is 0.500 e. The van der Waals surface area contributed by atoms with Gasteiger partial charge in [0, 0.05) is 40.6 Å². The van der Waals surface area contributed by atoms with E-state index in [-0.39, 0.29) is 0 Å². The van der Waals surface area contributed by atoms with E-state index >= 15 is 0 Å². The Morgan fingerprint density at radius 3 is 2.32 bits per heavy atom. The van der Waals surface area contributed by atoms with E-state index in [9.17, 15) is 0 Å². The topological polar surface area (TPSA) is 49.5 Å². The van der Waals surface area contributed by atoms with Gasteiger partial charge in [0.2, 0.25) is 0 Å². The molecule has 1 saturated heterocycles. The third-order valence-electron chi connectivity index (χ3n) is 3.63. The summed E-state index contributed by atoms with van der Waals surface area (Å²) in [5, 5.41) is 0. The van der Waals surface area contributed by atoms with Crippen molar-refractivity contribution in [2.24, 2.45) is 5.92 Å². The molecule has 0 spiro atoms. The highest BCUT2D eigenvalue weighted by Gasteiger charge is 2.36. The van der Waals surface area contributed by atoms with Crippen LogP contribution in [0.1, 0.15) is 26.2 Å². The first-order valence-corrected chi connectivity index (χ1v) is 8.97. The molecule has 0 bridgehead atoms. The molecule has 2 unspecified atom stereocenters. The maximum absolute atomic E-state index is 5.74. The van der Waals surface area contributed by atoms with Gasteiger partial charge in [0.15, 0.2) is 0 Å². The molecule has 5 nitrogen and oxygen atoms in total. The number of ether oxygens (including phenoxy) is 2. The maximum Gasteiger partial charge on any atom is 0.500 e. The first-order valence-electron chi connectivity index (χ1n) is 7.04. The average molecular weight is 292 g/mol. The Bertz CT molecular complexity index is 223. The fourth-order valence-corrected chi connectivity index (χ4v) is 3.82. The van der Waals surface area contributed by atoms with Gasteiger partial charge in [0.1, 0.15) is 0 Å². The van der Waals surface area contributed by atoms with Crippen LogP contribution in [0.4, 0.5) is 0 Å². The van der Waals surface area contributed by atoms with Gasteiger partial charge >= 0.3 is 8.80 Å². The van der Waals surface area contributed by atoms with Crippen LogP contribution in [0.2, 0.25) is 6.04 Å². The smallest absolute Gasteiger partial charge is 0.381 e. The van der Waals surface area contributed by atoms with Gasteiger partial charge in [0.25, 0.3) is 0 Å². The second-order valence-corrected chi connectivity index (χ2v) is 8.03. The first-order chi connectivity index (χ1) is 9.19. The van der Waals surface area contributed by atoms with Crippen LogP contribution in [0.25, 0.3) is 0 Å². The molecule has 1 heterocycles. The van der Waals surface area contributed by atoms with Gasteiger partial charge < -0.3 is 22.8 Å². The molecule has 1 fully saturated rings. The zero-order chi connectivity index (χ0) is 14.1. The summed E-state index contributed by atoms with van der Waals surface area (Å²) < 4.78 is 27.1. The van der Waals surface area contributed by atoms with Crippen molar-refractivity contribution in [3.63, 3.8) is 0 Å². The van der Waals surface area contributed by atoms with E-state index in [1.165, 1.54) is 0 Å². The van der Waals surface area contributed by atoms with Crippen LogP contribution in [0, 0.1) is 5.92 Å². The Kier molecular flexibility index (Phi) is 8.13. The molecule has 114 valence electrons. The number of epoxide rings is 1. The van der Waals surface area contributed by atoms with E-state index in [0.717, 1.165) is 45.1 Å². The van der Waals surface area contributed by atoms with Crippen LogP contribution in [-0.4, -0.2) is 56.1 Å². The molecule has 19 heavy (non-hydrogen) atoms.